The monoisotopic (exact) mass is 197 g/mol. The van der Waals surface area contributed by atoms with Crippen LogP contribution < -0.4 is 5.73 Å². The first-order chi connectivity index (χ1) is 6.14. The van der Waals surface area contributed by atoms with E-state index in [1.165, 1.54) is 0 Å². The molecule has 1 aromatic rings. The van der Waals surface area contributed by atoms with Crippen molar-refractivity contribution in [2.24, 2.45) is 5.73 Å². The zero-order chi connectivity index (χ0) is 9.90. The second-order valence-electron chi connectivity index (χ2n) is 3.34. The smallest absolute Gasteiger partial charge is 0.0456 e. The van der Waals surface area contributed by atoms with Gasteiger partial charge in [0.2, 0.25) is 0 Å². The molecule has 13 heavy (non-hydrogen) atoms. The average Bonchev–Trinajstić information content (AvgIpc) is 2.17. The Morgan fingerprint density at radius 1 is 1.23 bits per heavy atom. The highest BCUT2D eigenvalue weighted by Gasteiger charge is 2.24. The molecule has 2 heteroatoms. The number of hydrogen-bond donors (Lipinski definition) is 1. The van der Waals surface area contributed by atoms with Crippen molar-refractivity contribution in [1.29, 1.82) is 0 Å². The Morgan fingerprint density at radius 2 is 1.77 bits per heavy atom. The second-order valence-corrected chi connectivity index (χ2v) is 3.75. The lowest BCUT2D eigenvalue weighted by Crippen LogP contribution is -2.35. The van der Waals surface area contributed by atoms with Crippen LogP contribution in [0.25, 0.3) is 0 Å². The van der Waals surface area contributed by atoms with E-state index in [2.05, 4.69) is 13.8 Å². The van der Waals surface area contributed by atoms with Crippen LogP contribution in [0.5, 0.6) is 0 Å². The van der Waals surface area contributed by atoms with Gasteiger partial charge in [-0.2, -0.15) is 0 Å². The number of halogens is 1. The van der Waals surface area contributed by atoms with Crippen molar-refractivity contribution in [3.05, 3.63) is 34.9 Å². The van der Waals surface area contributed by atoms with Crippen LogP contribution in [0.1, 0.15) is 32.3 Å². The first-order valence-electron chi connectivity index (χ1n) is 4.68. The van der Waals surface area contributed by atoms with Gasteiger partial charge in [-0.25, -0.2) is 0 Å². The van der Waals surface area contributed by atoms with E-state index in [0.717, 1.165) is 23.4 Å². The van der Waals surface area contributed by atoms with Crippen molar-refractivity contribution >= 4 is 11.6 Å². The van der Waals surface area contributed by atoms with Gasteiger partial charge in [0.05, 0.1) is 0 Å². The van der Waals surface area contributed by atoms with Crippen LogP contribution in [0.3, 0.4) is 0 Å². The molecule has 0 aliphatic carbocycles. The Balaban J connectivity index is 3.12. The number of nitrogens with two attached hydrogens (primary N) is 1. The molecule has 1 rings (SSSR count). The lowest BCUT2D eigenvalue weighted by molar-refractivity contribution is 0.413. The van der Waals surface area contributed by atoms with Gasteiger partial charge in [0.1, 0.15) is 0 Å². The molecule has 0 radical (unpaired) electrons. The third-order valence-electron chi connectivity index (χ3n) is 2.67. The summed E-state index contributed by atoms with van der Waals surface area (Å²) in [7, 11) is 0. The van der Waals surface area contributed by atoms with Crippen molar-refractivity contribution in [2.45, 2.75) is 32.2 Å². The molecule has 0 saturated carbocycles. The summed E-state index contributed by atoms with van der Waals surface area (Å²) in [6, 6.07) is 7.81. The maximum absolute atomic E-state index is 6.23. The molecule has 0 aromatic heterocycles. The molecule has 0 heterocycles. The van der Waals surface area contributed by atoms with E-state index in [1.54, 1.807) is 0 Å². The van der Waals surface area contributed by atoms with Crippen LogP contribution >= 0.6 is 11.6 Å². The maximum Gasteiger partial charge on any atom is 0.0456 e. The van der Waals surface area contributed by atoms with Crippen LogP contribution in [-0.2, 0) is 5.54 Å². The molecule has 0 spiro atoms. The molecule has 0 fully saturated rings. The van der Waals surface area contributed by atoms with Gasteiger partial charge in [-0.05, 0) is 24.5 Å². The standard InChI is InChI=1S/C11H16ClN/c1-3-11(13,4-2)9-7-5-6-8-10(9)12/h5-8H,3-4,13H2,1-2H3. The third-order valence-corrected chi connectivity index (χ3v) is 3.00. The summed E-state index contributed by atoms with van der Waals surface area (Å²) in [5, 5.41) is 0.772. The van der Waals surface area contributed by atoms with E-state index in [9.17, 15) is 0 Å². The van der Waals surface area contributed by atoms with Gasteiger partial charge in [-0.1, -0.05) is 43.6 Å². The fourth-order valence-electron chi connectivity index (χ4n) is 1.50. The summed E-state index contributed by atoms with van der Waals surface area (Å²) >= 11 is 6.09. The molecule has 0 atom stereocenters. The SMILES string of the molecule is CCC(N)(CC)c1ccccc1Cl. The molecule has 0 unspecified atom stereocenters. The summed E-state index contributed by atoms with van der Waals surface area (Å²) in [5.41, 5.74) is 7.03. The largest absolute Gasteiger partial charge is 0.321 e. The molecular weight excluding hydrogens is 182 g/mol. The van der Waals surface area contributed by atoms with Gasteiger partial charge in [0.25, 0.3) is 0 Å². The van der Waals surface area contributed by atoms with Gasteiger partial charge >= 0.3 is 0 Å². The van der Waals surface area contributed by atoms with Gasteiger partial charge in [0.15, 0.2) is 0 Å². The predicted molar refractivity (Wildman–Crippen MR) is 57.9 cm³/mol. The van der Waals surface area contributed by atoms with Crippen LogP contribution in [0.4, 0.5) is 0 Å². The van der Waals surface area contributed by atoms with E-state index in [0.29, 0.717) is 0 Å². The maximum atomic E-state index is 6.23. The molecule has 0 bridgehead atoms. The van der Waals surface area contributed by atoms with E-state index in [-0.39, 0.29) is 5.54 Å². The summed E-state index contributed by atoms with van der Waals surface area (Å²) < 4.78 is 0. The first kappa shape index (κ1) is 10.6. The van der Waals surface area contributed by atoms with Gasteiger partial charge in [0, 0.05) is 10.6 Å². The Morgan fingerprint density at radius 3 is 2.23 bits per heavy atom. The fraction of sp³-hybridized carbons (Fsp3) is 0.455. The van der Waals surface area contributed by atoms with E-state index < -0.39 is 0 Å². The number of rotatable bonds is 3. The molecule has 0 amide bonds. The highest BCUT2D eigenvalue weighted by molar-refractivity contribution is 6.31. The van der Waals surface area contributed by atoms with Crippen molar-refractivity contribution in [1.82, 2.24) is 0 Å². The molecule has 0 aliphatic rings. The molecular formula is C11H16ClN. The van der Waals surface area contributed by atoms with Crippen molar-refractivity contribution in [3.63, 3.8) is 0 Å². The van der Waals surface area contributed by atoms with Crippen molar-refractivity contribution < 1.29 is 0 Å². The second kappa shape index (κ2) is 4.12. The molecule has 0 saturated heterocycles. The number of benzene rings is 1. The van der Waals surface area contributed by atoms with Crippen LogP contribution in [0.15, 0.2) is 24.3 Å². The summed E-state index contributed by atoms with van der Waals surface area (Å²) in [6.07, 6.45) is 1.82. The molecule has 0 aliphatic heterocycles. The highest BCUT2D eigenvalue weighted by Crippen LogP contribution is 2.30. The lowest BCUT2D eigenvalue weighted by Gasteiger charge is -2.28. The highest BCUT2D eigenvalue weighted by atomic mass is 35.5. The Bertz CT molecular complexity index is 279. The summed E-state index contributed by atoms with van der Waals surface area (Å²) in [4.78, 5) is 0. The molecule has 1 aromatic carbocycles. The normalized spacial score (nSPS) is 11.7. The first-order valence-corrected chi connectivity index (χ1v) is 5.05. The van der Waals surface area contributed by atoms with Gasteiger partial charge in [-0.3, -0.25) is 0 Å². The van der Waals surface area contributed by atoms with Crippen LogP contribution in [0.2, 0.25) is 5.02 Å². The van der Waals surface area contributed by atoms with Gasteiger partial charge < -0.3 is 5.73 Å². The van der Waals surface area contributed by atoms with Gasteiger partial charge in [-0.15, -0.1) is 0 Å². The molecule has 1 nitrogen and oxygen atoms in total. The molecule has 72 valence electrons. The Hall–Kier alpha value is -0.530. The van der Waals surface area contributed by atoms with Crippen molar-refractivity contribution in [2.75, 3.05) is 0 Å². The number of hydrogen-bond acceptors (Lipinski definition) is 1. The van der Waals surface area contributed by atoms with E-state index in [1.807, 2.05) is 24.3 Å². The van der Waals surface area contributed by atoms with Crippen LogP contribution in [-0.4, -0.2) is 0 Å². The minimum atomic E-state index is -0.266. The Kier molecular flexibility index (Phi) is 3.34. The van der Waals surface area contributed by atoms with Crippen LogP contribution in [0, 0.1) is 0 Å². The minimum Gasteiger partial charge on any atom is -0.321 e. The zero-order valence-corrected chi connectivity index (χ0v) is 8.93. The topological polar surface area (TPSA) is 26.0 Å². The summed E-state index contributed by atoms with van der Waals surface area (Å²) in [6.45, 7) is 4.18. The zero-order valence-electron chi connectivity index (χ0n) is 8.18. The summed E-state index contributed by atoms with van der Waals surface area (Å²) in [5.74, 6) is 0. The quantitative estimate of drug-likeness (QED) is 0.791. The lowest BCUT2D eigenvalue weighted by atomic mass is 9.86. The van der Waals surface area contributed by atoms with E-state index >= 15 is 0 Å². The Labute approximate surface area is 84.9 Å². The van der Waals surface area contributed by atoms with E-state index in [4.69, 9.17) is 17.3 Å². The fourth-order valence-corrected chi connectivity index (χ4v) is 1.82. The average molecular weight is 198 g/mol. The third kappa shape index (κ3) is 2.04. The van der Waals surface area contributed by atoms with Crippen molar-refractivity contribution in [3.8, 4) is 0 Å². The predicted octanol–water partition coefficient (Wildman–Crippen LogP) is 3.31. The molecule has 2 N–H and O–H groups in total. The minimum absolute atomic E-state index is 0.266.